The SMILES string of the molecule is Cc1ccc(C)c(NC(=O)C2CCN(c3c(C(=O)N4CCC(C)CC4)cnc4snc(C)c34)CC2)c1. The fourth-order valence-electron chi connectivity index (χ4n) is 5.38. The van der Waals surface area contributed by atoms with Gasteiger partial charge >= 0.3 is 0 Å². The zero-order valence-electron chi connectivity index (χ0n) is 21.6. The quantitative estimate of drug-likeness (QED) is 0.518. The fraction of sp³-hybridized carbons (Fsp3) is 0.500. The Morgan fingerprint density at radius 1 is 1.03 bits per heavy atom. The van der Waals surface area contributed by atoms with Crippen molar-refractivity contribution >= 4 is 44.9 Å². The molecule has 2 aliphatic heterocycles. The number of amides is 2. The molecule has 36 heavy (non-hydrogen) atoms. The Hall–Kier alpha value is -3.00. The average Bonchev–Trinajstić information content (AvgIpc) is 3.26. The monoisotopic (exact) mass is 505 g/mol. The number of nitrogens with one attached hydrogen (secondary N) is 1. The van der Waals surface area contributed by atoms with Gasteiger partial charge < -0.3 is 15.1 Å². The van der Waals surface area contributed by atoms with Gasteiger partial charge in [-0.15, -0.1) is 0 Å². The van der Waals surface area contributed by atoms with Crippen molar-refractivity contribution in [2.24, 2.45) is 11.8 Å². The third kappa shape index (κ3) is 4.83. The van der Waals surface area contributed by atoms with Gasteiger partial charge in [-0.05, 0) is 81.1 Å². The molecule has 0 atom stereocenters. The molecule has 0 spiro atoms. The maximum Gasteiger partial charge on any atom is 0.257 e. The Bertz CT molecular complexity index is 1290. The van der Waals surface area contributed by atoms with E-state index in [1.165, 1.54) is 11.5 Å². The predicted molar refractivity (Wildman–Crippen MR) is 146 cm³/mol. The molecule has 2 amide bonds. The van der Waals surface area contributed by atoms with Crippen LogP contribution in [0.4, 0.5) is 11.4 Å². The number of benzene rings is 1. The maximum atomic E-state index is 13.7. The Labute approximate surface area is 217 Å². The van der Waals surface area contributed by atoms with E-state index in [1.807, 2.05) is 37.8 Å². The molecule has 2 saturated heterocycles. The smallest absolute Gasteiger partial charge is 0.257 e. The van der Waals surface area contributed by atoms with E-state index in [1.54, 1.807) is 6.20 Å². The van der Waals surface area contributed by atoms with E-state index < -0.39 is 0 Å². The van der Waals surface area contributed by atoms with Crippen LogP contribution in [-0.2, 0) is 4.79 Å². The van der Waals surface area contributed by atoms with Gasteiger partial charge in [0.2, 0.25) is 5.91 Å². The van der Waals surface area contributed by atoms with Gasteiger partial charge in [0.25, 0.3) is 5.91 Å². The number of likely N-dealkylation sites (tertiary alicyclic amines) is 1. The molecule has 2 fully saturated rings. The minimum atomic E-state index is -0.0529. The van der Waals surface area contributed by atoms with Crippen molar-refractivity contribution in [3.8, 4) is 0 Å². The highest BCUT2D eigenvalue weighted by atomic mass is 32.1. The lowest BCUT2D eigenvalue weighted by Crippen LogP contribution is -2.41. The number of aromatic nitrogens is 2. The fourth-order valence-corrected chi connectivity index (χ4v) is 6.13. The van der Waals surface area contributed by atoms with Gasteiger partial charge in [0, 0.05) is 44.0 Å². The van der Waals surface area contributed by atoms with Gasteiger partial charge in [-0.1, -0.05) is 19.1 Å². The van der Waals surface area contributed by atoms with Crippen molar-refractivity contribution in [2.45, 2.75) is 53.4 Å². The van der Waals surface area contributed by atoms with E-state index in [-0.39, 0.29) is 17.7 Å². The summed E-state index contributed by atoms with van der Waals surface area (Å²) in [4.78, 5) is 36.5. The van der Waals surface area contributed by atoms with Crippen LogP contribution in [-0.4, -0.2) is 52.3 Å². The first-order valence-corrected chi connectivity index (χ1v) is 13.8. The molecule has 0 unspecified atom stereocenters. The summed E-state index contributed by atoms with van der Waals surface area (Å²) in [5.74, 6) is 0.746. The first kappa shape index (κ1) is 24.7. The van der Waals surface area contributed by atoms with Gasteiger partial charge in [-0.3, -0.25) is 9.59 Å². The van der Waals surface area contributed by atoms with Crippen LogP contribution in [0.25, 0.3) is 10.2 Å². The van der Waals surface area contributed by atoms with E-state index in [0.717, 1.165) is 90.3 Å². The first-order valence-electron chi connectivity index (χ1n) is 13.0. The highest BCUT2D eigenvalue weighted by Gasteiger charge is 2.31. The van der Waals surface area contributed by atoms with Crippen molar-refractivity contribution in [3.63, 3.8) is 0 Å². The highest BCUT2D eigenvalue weighted by Crippen LogP contribution is 2.37. The van der Waals surface area contributed by atoms with Crippen molar-refractivity contribution in [1.29, 1.82) is 0 Å². The van der Waals surface area contributed by atoms with Crippen molar-refractivity contribution < 1.29 is 9.59 Å². The van der Waals surface area contributed by atoms with E-state index >= 15 is 0 Å². The zero-order chi connectivity index (χ0) is 25.4. The Balaban J connectivity index is 1.36. The summed E-state index contributed by atoms with van der Waals surface area (Å²) in [5, 5.41) is 4.13. The second kappa shape index (κ2) is 10.2. The molecule has 190 valence electrons. The van der Waals surface area contributed by atoms with E-state index in [9.17, 15) is 9.59 Å². The molecule has 2 aliphatic rings. The molecule has 1 aromatic carbocycles. The topological polar surface area (TPSA) is 78.4 Å². The van der Waals surface area contributed by atoms with Gasteiger partial charge in [-0.2, -0.15) is 4.37 Å². The lowest BCUT2D eigenvalue weighted by atomic mass is 9.94. The highest BCUT2D eigenvalue weighted by molar-refractivity contribution is 7.13. The molecular weight excluding hydrogens is 470 g/mol. The molecule has 4 heterocycles. The van der Waals surface area contributed by atoms with Crippen molar-refractivity contribution in [1.82, 2.24) is 14.3 Å². The summed E-state index contributed by atoms with van der Waals surface area (Å²) >= 11 is 1.38. The number of piperidine rings is 2. The Morgan fingerprint density at radius 3 is 2.47 bits per heavy atom. The number of pyridine rings is 1. The molecule has 0 bridgehead atoms. The Kier molecular flexibility index (Phi) is 6.97. The number of hydrogen-bond donors (Lipinski definition) is 1. The molecular formula is C28H35N5O2S. The number of anilines is 2. The van der Waals surface area contributed by atoms with Crippen LogP contribution in [0.15, 0.2) is 24.4 Å². The summed E-state index contributed by atoms with van der Waals surface area (Å²) in [6, 6.07) is 6.13. The van der Waals surface area contributed by atoms with Gasteiger partial charge in [-0.25, -0.2) is 4.98 Å². The van der Waals surface area contributed by atoms with Crippen molar-refractivity contribution in [3.05, 3.63) is 46.8 Å². The maximum absolute atomic E-state index is 13.7. The Morgan fingerprint density at radius 2 is 1.75 bits per heavy atom. The molecule has 1 N–H and O–H groups in total. The second-order valence-electron chi connectivity index (χ2n) is 10.5. The lowest BCUT2D eigenvalue weighted by Gasteiger charge is -2.36. The zero-order valence-corrected chi connectivity index (χ0v) is 22.5. The molecule has 5 rings (SSSR count). The number of carbonyl (C=O) groups excluding carboxylic acids is 2. The minimum absolute atomic E-state index is 0.0529. The summed E-state index contributed by atoms with van der Waals surface area (Å²) in [7, 11) is 0. The molecule has 8 heteroatoms. The number of rotatable bonds is 4. The van der Waals surface area contributed by atoms with Crippen LogP contribution >= 0.6 is 11.5 Å². The standard InChI is InChI=1S/C28H35N5O2S/c1-17-7-11-33(12-8-17)28(35)22-16-29-27-24(20(4)31-36-27)25(22)32-13-9-21(10-14-32)26(34)30-23-15-18(2)5-6-19(23)3/h5-6,15-17,21H,7-14H2,1-4H3,(H,30,34). The molecule has 3 aromatic rings. The molecule has 2 aromatic heterocycles. The largest absolute Gasteiger partial charge is 0.370 e. The second-order valence-corrected chi connectivity index (χ2v) is 11.3. The lowest BCUT2D eigenvalue weighted by molar-refractivity contribution is -0.120. The van der Waals surface area contributed by atoms with Crippen LogP contribution in [0.1, 0.15) is 59.8 Å². The van der Waals surface area contributed by atoms with Crippen molar-refractivity contribution in [2.75, 3.05) is 36.4 Å². The number of fused-ring (bicyclic) bond motifs is 1. The third-order valence-corrected chi connectivity index (χ3v) is 8.63. The summed E-state index contributed by atoms with van der Waals surface area (Å²) in [6.45, 7) is 11.3. The van der Waals surface area contributed by atoms with Crippen LogP contribution < -0.4 is 10.2 Å². The summed E-state index contributed by atoms with van der Waals surface area (Å²) < 4.78 is 4.54. The number of carbonyl (C=O) groups is 2. The molecule has 7 nitrogen and oxygen atoms in total. The summed E-state index contributed by atoms with van der Waals surface area (Å²) in [6.07, 6.45) is 5.31. The van der Waals surface area contributed by atoms with Crippen LogP contribution in [0, 0.1) is 32.6 Å². The van der Waals surface area contributed by atoms with Crippen LogP contribution in [0.2, 0.25) is 0 Å². The van der Waals surface area contributed by atoms with E-state index in [4.69, 9.17) is 0 Å². The van der Waals surface area contributed by atoms with E-state index in [2.05, 4.69) is 32.6 Å². The first-order chi connectivity index (χ1) is 17.3. The molecule has 0 radical (unpaired) electrons. The number of aryl methyl sites for hydroxylation is 3. The van der Waals surface area contributed by atoms with Crippen LogP contribution in [0.5, 0.6) is 0 Å². The number of hydrogen-bond acceptors (Lipinski definition) is 6. The summed E-state index contributed by atoms with van der Waals surface area (Å²) in [5.41, 5.74) is 5.62. The molecule has 0 aliphatic carbocycles. The van der Waals surface area contributed by atoms with Crippen LogP contribution in [0.3, 0.4) is 0 Å². The van der Waals surface area contributed by atoms with Gasteiger partial charge in [0.1, 0.15) is 4.83 Å². The minimum Gasteiger partial charge on any atom is -0.370 e. The normalized spacial score (nSPS) is 17.6. The van der Waals surface area contributed by atoms with Gasteiger partial charge in [0.05, 0.1) is 22.3 Å². The average molecular weight is 506 g/mol. The number of nitrogens with zero attached hydrogens (tertiary/aromatic N) is 4. The molecule has 0 saturated carbocycles. The predicted octanol–water partition coefficient (Wildman–Crippen LogP) is 5.34. The third-order valence-electron chi connectivity index (χ3n) is 7.78. The van der Waals surface area contributed by atoms with Gasteiger partial charge in [0.15, 0.2) is 0 Å². The van der Waals surface area contributed by atoms with E-state index in [0.29, 0.717) is 11.5 Å².